The number of ether oxygens (including phenoxy) is 1. The molecule has 0 spiro atoms. The number of anilines is 1. The molecule has 2 aromatic rings. The van der Waals surface area contributed by atoms with Crippen molar-refractivity contribution in [2.45, 2.75) is 18.3 Å². The van der Waals surface area contributed by atoms with E-state index in [1.165, 1.54) is 0 Å². The van der Waals surface area contributed by atoms with Crippen molar-refractivity contribution >= 4 is 28.3 Å². The van der Waals surface area contributed by atoms with Gasteiger partial charge in [0.15, 0.2) is 0 Å². The lowest BCUT2D eigenvalue weighted by molar-refractivity contribution is 0.193. The third kappa shape index (κ3) is 2.40. The molecule has 19 heavy (non-hydrogen) atoms. The van der Waals surface area contributed by atoms with E-state index in [1.54, 1.807) is 0 Å². The van der Waals surface area contributed by atoms with Crippen molar-refractivity contribution < 1.29 is 4.74 Å². The van der Waals surface area contributed by atoms with Crippen LogP contribution >= 0.6 is 11.6 Å². The normalized spacial score (nSPS) is 18.9. The predicted octanol–water partition coefficient (Wildman–Crippen LogP) is 3.20. The van der Waals surface area contributed by atoms with Crippen molar-refractivity contribution in [2.75, 3.05) is 25.2 Å². The maximum atomic E-state index is 6.09. The first-order chi connectivity index (χ1) is 9.29. The molecule has 0 amide bonds. The Balaban J connectivity index is 2.05. The Morgan fingerprint density at radius 3 is 3.00 bits per heavy atom. The fraction of sp³-hybridized carbons (Fsp3) is 0.400. The molecule has 1 aromatic heterocycles. The highest BCUT2D eigenvalue weighted by atomic mass is 35.5. The van der Waals surface area contributed by atoms with Gasteiger partial charge in [0.25, 0.3) is 0 Å². The molecule has 2 heterocycles. The van der Waals surface area contributed by atoms with E-state index >= 15 is 0 Å². The molecule has 0 saturated carbocycles. The Morgan fingerprint density at radius 1 is 1.42 bits per heavy atom. The van der Waals surface area contributed by atoms with Crippen LogP contribution < -0.4 is 4.90 Å². The first kappa shape index (κ1) is 12.7. The summed E-state index contributed by atoms with van der Waals surface area (Å²) in [6, 6.07) is 10.7. The molecule has 0 N–H and O–H groups in total. The predicted molar refractivity (Wildman–Crippen MR) is 78.9 cm³/mol. The zero-order valence-corrected chi connectivity index (χ0v) is 11.7. The van der Waals surface area contributed by atoms with Crippen molar-refractivity contribution in [3.63, 3.8) is 0 Å². The van der Waals surface area contributed by atoms with Crippen molar-refractivity contribution in [3.8, 4) is 0 Å². The van der Waals surface area contributed by atoms with Crippen LogP contribution in [0.25, 0.3) is 10.9 Å². The summed E-state index contributed by atoms with van der Waals surface area (Å²) in [6.45, 7) is 1.60. The Hall–Kier alpha value is -1.32. The fourth-order valence-electron chi connectivity index (χ4n) is 2.55. The van der Waals surface area contributed by atoms with Crippen LogP contribution in [0, 0.1) is 0 Å². The number of benzene rings is 1. The number of hydrogen-bond acceptors (Lipinski definition) is 3. The first-order valence-electron chi connectivity index (χ1n) is 6.55. The first-order valence-corrected chi connectivity index (χ1v) is 7.08. The minimum absolute atomic E-state index is 0.399. The minimum atomic E-state index is 0.399. The molecule has 4 heteroatoms. The number of hydrogen-bond donors (Lipinski definition) is 0. The number of nitrogens with zero attached hydrogens (tertiary/aromatic N) is 2. The van der Waals surface area contributed by atoms with Crippen LogP contribution in [0.2, 0.25) is 0 Å². The number of rotatable bonds is 3. The van der Waals surface area contributed by atoms with Crippen molar-refractivity contribution in [1.29, 1.82) is 0 Å². The number of likely N-dealkylation sites (N-methyl/N-ethyl adjacent to an activating group) is 1. The molecule has 1 unspecified atom stereocenters. The van der Waals surface area contributed by atoms with Crippen LogP contribution in [-0.4, -0.2) is 31.3 Å². The molecule has 1 saturated heterocycles. The maximum Gasteiger partial charge on any atom is 0.133 e. The molecule has 0 bridgehead atoms. The van der Waals surface area contributed by atoms with Gasteiger partial charge in [-0.15, -0.1) is 11.6 Å². The van der Waals surface area contributed by atoms with E-state index in [0.717, 1.165) is 41.9 Å². The number of fused-ring (bicyclic) bond motifs is 1. The summed E-state index contributed by atoms with van der Waals surface area (Å²) in [6.07, 6.45) is 1.05. The summed E-state index contributed by atoms with van der Waals surface area (Å²) < 4.78 is 5.46. The molecule has 0 radical (unpaired) electrons. The number of aromatic nitrogens is 1. The smallest absolute Gasteiger partial charge is 0.133 e. The Bertz CT molecular complexity index is 581. The van der Waals surface area contributed by atoms with Crippen molar-refractivity contribution in [1.82, 2.24) is 4.98 Å². The van der Waals surface area contributed by atoms with Gasteiger partial charge >= 0.3 is 0 Å². The van der Waals surface area contributed by atoms with E-state index in [9.17, 15) is 0 Å². The van der Waals surface area contributed by atoms with E-state index in [4.69, 9.17) is 21.3 Å². The third-order valence-corrected chi connectivity index (χ3v) is 4.00. The zero-order chi connectivity index (χ0) is 13.2. The van der Waals surface area contributed by atoms with E-state index < -0.39 is 0 Å². The molecule has 1 aliphatic rings. The van der Waals surface area contributed by atoms with Crippen LogP contribution in [-0.2, 0) is 10.6 Å². The minimum Gasteiger partial charge on any atom is -0.379 e. The molecule has 1 aliphatic heterocycles. The highest BCUT2D eigenvalue weighted by molar-refractivity contribution is 6.17. The lowest BCUT2D eigenvalue weighted by atomic mass is 10.1. The Kier molecular flexibility index (Phi) is 3.58. The van der Waals surface area contributed by atoms with E-state index in [-0.39, 0.29) is 0 Å². The third-order valence-electron chi connectivity index (χ3n) is 3.71. The van der Waals surface area contributed by atoms with E-state index in [1.807, 2.05) is 18.2 Å². The van der Waals surface area contributed by atoms with Gasteiger partial charge in [-0.2, -0.15) is 0 Å². The molecule has 1 aromatic carbocycles. The largest absolute Gasteiger partial charge is 0.379 e. The van der Waals surface area contributed by atoms with Crippen LogP contribution in [0.1, 0.15) is 12.0 Å². The molecule has 1 atom stereocenters. The zero-order valence-electron chi connectivity index (χ0n) is 11.0. The molecule has 3 nitrogen and oxygen atoms in total. The van der Waals surface area contributed by atoms with E-state index in [2.05, 4.69) is 24.1 Å². The SMILES string of the molecule is CN(c1nc2ccccc2cc1CCl)C1CCOC1. The number of para-hydroxylation sites is 1. The van der Waals surface area contributed by atoms with Gasteiger partial charge in [-0.3, -0.25) is 0 Å². The standard InChI is InChI=1S/C15H17ClN2O/c1-18(13-6-7-19-10-13)15-12(9-16)8-11-4-2-3-5-14(11)17-15/h2-5,8,13H,6-7,9-10H2,1H3. The Labute approximate surface area is 118 Å². The van der Waals surface area contributed by atoms with Gasteiger partial charge in [0.05, 0.1) is 24.0 Å². The van der Waals surface area contributed by atoms with Crippen LogP contribution in [0.15, 0.2) is 30.3 Å². The fourth-order valence-corrected chi connectivity index (χ4v) is 2.75. The molecular formula is C15H17ClN2O. The van der Waals surface area contributed by atoms with Gasteiger partial charge in [0.1, 0.15) is 5.82 Å². The molecular weight excluding hydrogens is 260 g/mol. The van der Waals surface area contributed by atoms with E-state index in [0.29, 0.717) is 11.9 Å². The number of pyridine rings is 1. The summed E-state index contributed by atoms with van der Waals surface area (Å²) in [5.41, 5.74) is 2.09. The quantitative estimate of drug-likeness (QED) is 0.805. The molecule has 0 aliphatic carbocycles. The second-order valence-electron chi connectivity index (χ2n) is 4.93. The van der Waals surface area contributed by atoms with Crippen molar-refractivity contribution in [3.05, 3.63) is 35.9 Å². The van der Waals surface area contributed by atoms with Gasteiger partial charge in [-0.25, -0.2) is 4.98 Å². The second-order valence-corrected chi connectivity index (χ2v) is 5.19. The van der Waals surface area contributed by atoms with Crippen LogP contribution in [0.5, 0.6) is 0 Å². The molecule has 100 valence electrons. The van der Waals surface area contributed by atoms with Crippen LogP contribution in [0.4, 0.5) is 5.82 Å². The van der Waals surface area contributed by atoms with Gasteiger partial charge in [-0.1, -0.05) is 18.2 Å². The average Bonchev–Trinajstić information content (AvgIpc) is 2.99. The Morgan fingerprint density at radius 2 is 2.26 bits per heavy atom. The molecule has 3 rings (SSSR count). The number of halogens is 1. The second kappa shape index (κ2) is 5.35. The maximum absolute atomic E-state index is 6.09. The lowest BCUT2D eigenvalue weighted by Gasteiger charge is -2.26. The average molecular weight is 277 g/mol. The lowest BCUT2D eigenvalue weighted by Crippen LogP contribution is -2.33. The summed E-state index contributed by atoms with van der Waals surface area (Å²) >= 11 is 6.09. The summed E-state index contributed by atoms with van der Waals surface area (Å²) in [5, 5.41) is 1.14. The van der Waals surface area contributed by atoms with Gasteiger partial charge in [0.2, 0.25) is 0 Å². The van der Waals surface area contributed by atoms with Gasteiger partial charge in [-0.05, 0) is 18.6 Å². The summed E-state index contributed by atoms with van der Waals surface area (Å²) in [4.78, 5) is 6.98. The van der Waals surface area contributed by atoms with Gasteiger partial charge in [0, 0.05) is 24.6 Å². The van der Waals surface area contributed by atoms with Crippen molar-refractivity contribution in [2.24, 2.45) is 0 Å². The number of alkyl halides is 1. The topological polar surface area (TPSA) is 25.4 Å². The summed E-state index contributed by atoms with van der Waals surface area (Å²) in [5.74, 6) is 1.45. The summed E-state index contributed by atoms with van der Waals surface area (Å²) in [7, 11) is 2.08. The molecule has 1 fully saturated rings. The van der Waals surface area contributed by atoms with Gasteiger partial charge < -0.3 is 9.64 Å². The monoisotopic (exact) mass is 276 g/mol. The van der Waals surface area contributed by atoms with Crippen LogP contribution in [0.3, 0.4) is 0 Å². The highest BCUT2D eigenvalue weighted by Crippen LogP contribution is 2.27. The highest BCUT2D eigenvalue weighted by Gasteiger charge is 2.23.